The van der Waals surface area contributed by atoms with E-state index < -0.39 is 10.3 Å². The van der Waals surface area contributed by atoms with Crippen molar-refractivity contribution in [2.75, 3.05) is 5.32 Å². The van der Waals surface area contributed by atoms with Crippen molar-refractivity contribution in [3.05, 3.63) is 62.2 Å². The van der Waals surface area contributed by atoms with Gasteiger partial charge in [-0.25, -0.2) is 4.98 Å². The summed E-state index contributed by atoms with van der Waals surface area (Å²) >= 11 is 3.40. The predicted octanol–water partition coefficient (Wildman–Crippen LogP) is 4.51. The molecular formula is C18H18BrN3O3. The maximum atomic E-state index is 13.1. The summed E-state index contributed by atoms with van der Waals surface area (Å²) in [4.78, 5) is 27.9. The van der Waals surface area contributed by atoms with Gasteiger partial charge >= 0.3 is 0 Å². The Balaban J connectivity index is 1.90. The van der Waals surface area contributed by atoms with Gasteiger partial charge in [-0.1, -0.05) is 25.0 Å². The number of halogens is 1. The van der Waals surface area contributed by atoms with Crippen molar-refractivity contribution in [2.24, 2.45) is 0 Å². The number of rotatable bonds is 4. The third-order valence-corrected chi connectivity index (χ3v) is 5.62. The van der Waals surface area contributed by atoms with Gasteiger partial charge in [-0.05, 0) is 53.4 Å². The Morgan fingerprint density at radius 3 is 2.40 bits per heavy atom. The topological polar surface area (TPSA) is 85.1 Å². The van der Waals surface area contributed by atoms with Gasteiger partial charge in [0.05, 0.1) is 16.0 Å². The first-order chi connectivity index (χ1) is 11.9. The van der Waals surface area contributed by atoms with Crippen molar-refractivity contribution in [3.8, 4) is 0 Å². The Kier molecular flexibility index (Phi) is 4.85. The largest absolute Gasteiger partial charge is 0.310 e. The van der Waals surface area contributed by atoms with Gasteiger partial charge in [-0.15, -0.1) is 0 Å². The van der Waals surface area contributed by atoms with Crippen LogP contribution in [0.1, 0.15) is 36.9 Å². The molecule has 7 heteroatoms. The fourth-order valence-electron chi connectivity index (χ4n) is 3.38. The zero-order valence-electron chi connectivity index (χ0n) is 13.8. The molecule has 1 N–H and O–H groups in total. The fraction of sp³-hybridized carbons (Fsp3) is 0.333. The lowest BCUT2D eigenvalue weighted by Crippen LogP contribution is -2.38. The third-order valence-electron chi connectivity index (χ3n) is 4.79. The summed E-state index contributed by atoms with van der Waals surface area (Å²) < 4.78 is 0.886. The number of carbonyl (C=O) groups excluding carboxylic acids is 1. The number of non-ortho nitro benzene ring substituents is 1. The van der Waals surface area contributed by atoms with Crippen LogP contribution < -0.4 is 5.32 Å². The van der Waals surface area contributed by atoms with E-state index in [0.717, 1.165) is 41.4 Å². The van der Waals surface area contributed by atoms with E-state index in [-0.39, 0.29) is 11.6 Å². The SMILES string of the molecule is Cc1nc(NC(=O)C2(c3ccc([N+](=O)[O-])cc3)CCCC2)ccc1Br. The Bertz CT molecular complexity index is 815. The Hall–Kier alpha value is -2.28. The molecule has 1 heterocycles. The van der Waals surface area contributed by atoms with Crippen LogP contribution in [0.15, 0.2) is 40.9 Å². The summed E-state index contributed by atoms with van der Waals surface area (Å²) in [5.74, 6) is 0.409. The van der Waals surface area contributed by atoms with E-state index in [9.17, 15) is 14.9 Å². The number of nitro groups is 1. The average Bonchev–Trinajstić information content (AvgIpc) is 3.09. The van der Waals surface area contributed by atoms with Crippen LogP contribution in [0.5, 0.6) is 0 Å². The van der Waals surface area contributed by atoms with Crippen molar-refractivity contribution in [1.29, 1.82) is 0 Å². The summed E-state index contributed by atoms with van der Waals surface area (Å²) in [6.45, 7) is 1.86. The minimum Gasteiger partial charge on any atom is -0.310 e. The first kappa shape index (κ1) is 17.5. The maximum Gasteiger partial charge on any atom is 0.269 e. The summed E-state index contributed by atoms with van der Waals surface area (Å²) in [5.41, 5.74) is 0.996. The molecule has 1 amide bonds. The van der Waals surface area contributed by atoms with Crippen LogP contribution >= 0.6 is 15.9 Å². The van der Waals surface area contributed by atoms with Gasteiger partial charge in [-0.3, -0.25) is 14.9 Å². The third kappa shape index (κ3) is 3.42. The van der Waals surface area contributed by atoms with Crippen molar-refractivity contribution in [3.63, 3.8) is 0 Å². The van der Waals surface area contributed by atoms with Crippen molar-refractivity contribution >= 4 is 33.3 Å². The van der Waals surface area contributed by atoms with Crippen molar-refractivity contribution < 1.29 is 9.72 Å². The summed E-state index contributed by atoms with van der Waals surface area (Å²) in [7, 11) is 0. The van der Waals surface area contributed by atoms with Gasteiger partial charge < -0.3 is 5.32 Å². The molecule has 1 aromatic carbocycles. The smallest absolute Gasteiger partial charge is 0.269 e. The molecular weight excluding hydrogens is 386 g/mol. The van der Waals surface area contributed by atoms with Crippen LogP contribution in [0.25, 0.3) is 0 Å². The fourth-order valence-corrected chi connectivity index (χ4v) is 3.60. The first-order valence-electron chi connectivity index (χ1n) is 8.12. The zero-order valence-corrected chi connectivity index (χ0v) is 15.4. The minimum absolute atomic E-state index is 0.0301. The van der Waals surface area contributed by atoms with E-state index in [1.165, 1.54) is 12.1 Å². The Morgan fingerprint density at radius 2 is 1.84 bits per heavy atom. The number of benzene rings is 1. The number of pyridine rings is 1. The number of aryl methyl sites for hydroxylation is 1. The molecule has 3 rings (SSSR count). The van der Waals surface area contributed by atoms with Crippen LogP contribution in [0, 0.1) is 17.0 Å². The van der Waals surface area contributed by atoms with Crippen molar-refractivity contribution in [2.45, 2.75) is 38.0 Å². The van der Waals surface area contributed by atoms with Crippen LogP contribution in [0.3, 0.4) is 0 Å². The molecule has 0 unspecified atom stereocenters. The molecule has 0 saturated heterocycles. The summed E-state index contributed by atoms with van der Waals surface area (Å²) in [5, 5.41) is 13.8. The quantitative estimate of drug-likeness (QED) is 0.600. The van der Waals surface area contributed by atoms with Gasteiger partial charge in [-0.2, -0.15) is 0 Å². The molecule has 0 atom stereocenters. The Labute approximate surface area is 153 Å². The Morgan fingerprint density at radius 1 is 1.20 bits per heavy atom. The number of aromatic nitrogens is 1. The molecule has 0 radical (unpaired) electrons. The highest BCUT2D eigenvalue weighted by Crippen LogP contribution is 2.42. The molecule has 0 aliphatic heterocycles. The second kappa shape index (κ2) is 6.92. The van der Waals surface area contributed by atoms with E-state index in [2.05, 4.69) is 26.2 Å². The molecule has 2 aromatic rings. The lowest BCUT2D eigenvalue weighted by Gasteiger charge is -2.28. The van der Waals surface area contributed by atoms with Gasteiger partial charge in [0.25, 0.3) is 5.69 Å². The highest BCUT2D eigenvalue weighted by molar-refractivity contribution is 9.10. The number of nitrogens with one attached hydrogen (secondary N) is 1. The summed E-state index contributed by atoms with van der Waals surface area (Å²) in [6, 6.07) is 9.93. The second-order valence-corrected chi connectivity index (χ2v) is 7.17. The van der Waals surface area contributed by atoms with E-state index in [1.807, 2.05) is 13.0 Å². The monoisotopic (exact) mass is 403 g/mol. The van der Waals surface area contributed by atoms with Crippen LogP contribution in [0.2, 0.25) is 0 Å². The van der Waals surface area contributed by atoms with Gasteiger partial charge in [0, 0.05) is 16.6 Å². The van der Waals surface area contributed by atoms with E-state index in [4.69, 9.17) is 0 Å². The summed E-state index contributed by atoms with van der Waals surface area (Å²) in [6.07, 6.45) is 3.37. The molecule has 0 spiro atoms. The maximum absolute atomic E-state index is 13.1. The first-order valence-corrected chi connectivity index (χ1v) is 8.91. The number of hydrogen-bond acceptors (Lipinski definition) is 4. The molecule has 1 aliphatic carbocycles. The van der Waals surface area contributed by atoms with Gasteiger partial charge in [0.1, 0.15) is 5.82 Å². The molecule has 130 valence electrons. The van der Waals surface area contributed by atoms with Crippen LogP contribution in [0.4, 0.5) is 11.5 Å². The highest BCUT2D eigenvalue weighted by Gasteiger charge is 2.43. The number of hydrogen-bond donors (Lipinski definition) is 1. The minimum atomic E-state index is -0.655. The normalized spacial score (nSPS) is 15.8. The average molecular weight is 404 g/mol. The van der Waals surface area contributed by atoms with E-state index >= 15 is 0 Å². The van der Waals surface area contributed by atoms with Crippen LogP contribution in [-0.2, 0) is 10.2 Å². The van der Waals surface area contributed by atoms with Crippen molar-refractivity contribution in [1.82, 2.24) is 4.98 Å². The molecule has 1 saturated carbocycles. The van der Waals surface area contributed by atoms with Gasteiger partial charge in [0.2, 0.25) is 5.91 Å². The number of carbonyl (C=O) groups is 1. The standard InChI is InChI=1S/C18H18BrN3O3/c1-12-15(19)8-9-16(20-12)21-17(23)18(10-2-3-11-18)13-4-6-14(7-5-13)22(24)25/h4-9H,2-3,10-11H2,1H3,(H,20,21,23). The molecule has 6 nitrogen and oxygen atoms in total. The van der Waals surface area contributed by atoms with E-state index in [0.29, 0.717) is 5.82 Å². The predicted molar refractivity (Wildman–Crippen MR) is 98.5 cm³/mol. The highest BCUT2D eigenvalue weighted by atomic mass is 79.9. The number of nitrogens with zero attached hydrogens (tertiary/aromatic N) is 2. The second-order valence-electron chi connectivity index (χ2n) is 6.31. The molecule has 1 fully saturated rings. The molecule has 0 bridgehead atoms. The molecule has 1 aliphatic rings. The number of anilines is 1. The number of amides is 1. The van der Waals surface area contributed by atoms with Gasteiger partial charge in [0.15, 0.2) is 0 Å². The lowest BCUT2D eigenvalue weighted by molar-refractivity contribution is -0.384. The van der Waals surface area contributed by atoms with Crippen LogP contribution in [-0.4, -0.2) is 15.8 Å². The zero-order chi connectivity index (χ0) is 18.0. The molecule has 25 heavy (non-hydrogen) atoms. The van der Waals surface area contributed by atoms with E-state index in [1.54, 1.807) is 18.2 Å². The molecule has 1 aromatic heterocycles. The number of nitro benzene ring substituents is 1. The lowest BCUT2D eigenvalue weighted by atomic mass is 9.78.